The summed E-state index contributed by atoms with van der Waals surface area (Å²) in [4.78, 5) is 0. The van der Waals surface area contributed by atoms with Crippen molar-refractivity contribution in [2.24, 2.45) is 0 Å². The van der Waals surface area contributed by atoms with Gasteiger partial charge >= 0.3 is 59.2 Å². The molecule has 0 nitrogen and oxygen atoms in total. The molecule has 1 aliphatic rings. The molecule has 0 bridgehead atoms. The van der Waals surface area contributed by atoms with Crippen molar-refractivity contribution in [2.45, 2.75) is 19.8 Å². The van der Waals surface area contributed by atoms with Crippen LogP contribution in [0.1, 0.15) is 19.8 Å². The molecule has 0 spiro atoms. The molecule has 8 heavy (non-hydrogen) atoms. The second kappa shape index (κ2) is 2.56. The van der Waals surface area contributed by atoms with Gasteiger partial charge in [-0.15, -0.1) is 0 Å². The average Bonchev–Trinajstić information content (AvgIpc) is 2.14. The van der Waals surface area contributed by atoms with Gasteiger partial charge in [0.05, 0.1) is 0 Å². The third-order valence-electron chi connectivity index (χ3n) is 1.38. The van der Waals surface area contributed by atoms with Gasteiger partial charge in [-0.05, 0) is 0 Å². The maximum absolute atomic E-state index is 2.63. The normalized spacial score (nSPS) is 18.1. The Bertz CT molecular complexity index is 142. The SMILES string of the molecule is CCC1=[C]([V])CC=C1. The minimum atomic E-state index is 1.16. The number of hydrogen-bond donors (Lipinski definition) is 0. The summed E-state index contributed by atoms with van der Waals surface area (Å²) in [5.74, 6) is 0. The summed E-state index contributed by atoms with van der Waals surface area (Å²) >= 11 is 2.63. The summed E-state index contributed by atoms with van der Waals surface area (Å²) in [5, 5.41) is 0. The number of allylic oxidation sites excluding steroid dienone is 4. The van der Waals surface area contributed by atoms with E-state index in [4.69, 9.17) is 0 Å². The van der Waals surface area contributed by atoms with Gasteiger partial charge in [0.25, 0.3) is 0 Å². The van der Waals surface area contributed by atoms with Gasteiger partial charge in [0.2, 0.25) is 0 Å². The Morgan fingerprint density at radius 2 is 2.50 bits per heavy atom. The molecule has 0 radical (unpaired) electrons. The van der Waals surface area contributed by atoms with E-state index in [1.165, 1.54) is 16.3 Å². The van der Waals surface area contributed by atoms with Crippen LogP contribution < -0.4 is 0 Å². The quantitative estimate of drug-likeness (QED) is 0.529. The van der Waals surface area contributed by atoms with E-state index in [0.717, 1.165) is 6.42 Å². The van der Waals surface area contributed by atoms with E-state index >= 15 is 0 Å². The summed E-state index contributed by atoms with van der Waals surface area (Å²) in [5.41, 5.74) is 1.50. The molecule has 0 aliphatic heterocycles. The Balaban J connectivity index is 2.70. The predicted octanol–water partition coefficient (Wildman–Crippen LogP) is 2.16. The van der Waals surface area contributed by atoms with Gasteiger partial charge in [0.1, 0.15) is 0 Å². The first kappa shape index (κ1) is 6.19. The predicted molar refractivity (Wildman–Crippen MR) is 31.1 cm³/mol. The Hall–Kier alpha value is 0.0644. The van der Waals surface area contributed by atoms with Crippen LogP contribution in [0, 0.1) is 0 Å². The van der Waals surface area contributed by atoms with Crippen molar-refractivity contribution in [2.75, 3.05) is 0 Å². The fourth-order valence-corrected chi connectivity index (χ4v) is 1.39. The van der Waals surface area contributed by atoms with Crippen LogP contribution >= 0.6 is 0 Å². The van der Waals surface area contributed by atoms with Gasteiger partial charge in [0, 0.05) is 0 Å². The van der Waals surface area contributed by atoms with E-state index in [-0.39, 0.29) is 0 Å². The molecule has 0 saturated heterocycles. The monoisotopic (exact) mass is 144 g/mol. The van der Waals surface area contributed by atoms with Crippen molar-refractivity contribution in [3.05, 3.63) is 22.0 Å². The van der Waals surface area contributed by atoms with Crippen LogP contribution in [-0.4, -0.2) is 0 Å². The Morgan fingerprint density at radius 1 is 1.75 bits per heavy atom. The summed E-state index contributed by atoms with van der Waals surface area (Å²) in [6, 6.07) is 0. The third kappa shape index (κ3) is 1.07. The van der Waals surface area contributed by atoms with Crippen LogP contribution in [0.15, 0.2) is 22.0 Å². The van der Waals surface area contributed by atoms with Crippen LogP contribution in [0.3, 0.4) is 0 Å². The third-order valence-corrected chi connectivity index (χ3v) is 2.12. The molecule has 1 rings (SSSR count). The van der Waals surface area contributed by atoms with Crippen LogP contribution in [-0.2, 0) is 17.4 Å². The van der Waals surface area contributed by atoms with Crippen LogP contribution in [0.5, 0.6) is 0 Å². The van der Waals surface area contributed by atoms with Gasteiger partial charge in [-0.1, -0.05) is 0 Å². The van der Waals surface area contributed by atoms with Crippen molar-refractivity contribution >= 4 is 0 Å². The molecule has 1 aliphatic carbocycles. The standard InChI is InChI=1S/C7H9.V/c1-2-7-5-3-4-6-7;/h3,5H,2,4H2,1H3;. The van der Waals surface area contributed by atoms with Gasteiger partial charge in [-0.25, -0.2) is 0 Å². The van der Waals surface area contributed by atoms with Gasteiger partial charge in [-0.3, -0.25) is 0 Å². The van der Waals surface area contributed by atoms with E-state index in [1.54, 1.807) is 0 Å². The van der Waals surface area contributed by atoms with Crippen molar-refractivity contribution < 1.29 is 17.4 Å². The van der Waals surface area contributed by atoms with Crippen molar-refractivity contribution in [3.8, 4) is 0 Å². The fraction of sp³-hybridized carbons (Fsp3) is 0.429. The van der Waals surface area contributed by atoms with Crippen LogP contribution in [0.2, 0.25) is 0 Å². The first-order chi connectivity index (χ1) is 3.84. The Morgan fingerprint density at radius 3 is 2.75 bits per heavy atom. The van der Waals surface area contributed by atoms with Crippen molar-refractivity contribution in [3.63, 3.8) is 0 Å². The van der Waals surface area contributed by atoms with Gasteiger partial charge in [-0.2, -0.15) is 0 Å². The zero-order chi connectivity index (χ0) is 5.98. The summed E-state index contributed by atoms with van der Waals surface area (Å²) < 4.78 is 1.49. The van der Waals surface area contributed by atoms with Gasteiger partial charge in [0.15, 0.2) is 0 Å². The molecule has 0 N–H and O–H groups in total. The van der Waals surface area contributed by atoms with E-state index < -0.39 is 0 Å². The molecule has 0 saturated carbocycles. The Kier molecular flexibility index (Phi) is 1.98. The molecular formula is C7H9V. The molecule has 0 heterocycles. The molecule has 42 valence electrons. The molecular weight excluding hydrogens is 135 g/mol. The van der Waals surface area contributed by atoms with E-state index in [2.05, 4.69) is 36.5 Å². The van der Waals surface area contributed by atoms with Crippen molar-refractivity contribution in [1.29, 1.82) is 0 Å². The zero-order valence-electron chi connectivity index (χ0n) is 5.02. The van der Waals surface area contributed by atoms with Crippen LogP contribution in [0.4, 0.5) is 0 Å². The maximum atomic E-state index is 2.63. The van der Waals surface area contributed by atoms with Crippen LogP contribution in [0.25, 0.3) is 0 Å². The van der Waals surface area contributed by atoms with Crippen molar-refractivity contribution in [1.82, 2.24) is 0 Å². The molecule has 0 aromatic carbocycles. The Labute approximate surface area is 59.6 Å². The minimum absolute atomic E-state index is 1.16. The summed E-state index contributed by atoms with van der Waals surface area (Å²) in [6.45, 7) is 2.19. The van der Waals surface area contributed by atoms with E-state index in [9.17, 15) is 0 Å². The topological polar surface area (TPSA) is 0 Å². The molecule has 0 aromatic heterocycles. The summed E-state index contributed by atoms with van der Waals surface area (Å²) in [6.07, 6.45) is 6.77. The molecule has 0 aromatic rings. The molecule has 0 unspecified atom stereocenters. The second-order valence-corrected chi connectivity index (χ2v) is 2.77. The first-order valence-corrected chi connectivity index (χ1v) is 3.62. The molecule has 0 atom stereocenters. The average molecular weight is 144 g/mol. The van der Waals surface area contributed by atoms with E-state index in [1.807, 2.05) is 0 Å². The first-order valence-electron chi connectivity index (χ1n) is 2.92. The molecule has 0 amide bonds. The number of rotatable bonds is 1. The van der Waals surface area contributed by atoms with E-state index in [0.29, 0.717) is 0 Å². The number of hydrogen-bond acceptors (Lipinski definition) is 0. The van der Waals surface area contributed by atoms with Gasteiger partial charge < -0.3 is 0 Å². The fourth-order valence-electron chi connectivity index (χ4n) is 0.862. The zero-order valence-corrected chi connectivity index (χ0v) is 6.41. The summed E-state index contributed by atoms with van der Waals surface area (Å²) in [7, 11) is 0. The molecule has 0 fully saturated rings. The molecule has 1 heteroatoms. The second-order valence-electron chi connectivity index (χ2n) is 1.93.